The highest BCUT2D eigenvalue weighted by Crippen LogP contribution is 2.35. The molecule has 0 aliphatic carbocycles. The number of hydrogen-bond acceptors (Lipinski definition) is 4. The Morgan fingerprint density at radius 2 is 2.00 bits per heavy atom. The van der Waals surface area contributed by atoms with Gasteiger partial charge in [-0.25, -0.2) is 0 Å². The highest BCUT2D eigenvalue weighted by Gasteiger charge is 2.21. The Labute approximate surface area is 196 Å². The van der Waals surface area contributed by atoms with E-state index in [0.29, 0.717) is 18.9 Å². The van der Waals surface area contributed by atoms with Crippen LogP contribution in [-0.2, 0) is 19.4 Å². The lowest BCUT2D eigenvalue weighted by Crippen LogP contribution is -2.37. The van der Waals surface area contributed by atoms with Crippen molar-refractivity contribution in [2.24, 2.45) is 4.99 Å². The fourth-order valence-electron chi connectivity index (χ4n) is 3.47. The first-order chi connectivity index (χ1) is 14.1. The zero-order valence-electron chi connectivity index (χ0n) is 17.9. The molecule has 1 heterocycles. The van der Waals surface area contributed by atoms with Crippen LogP contribution < -0.4 is 20.1 Å². The quantitative estimate of drug-likeness (QED) is 0.210. The molecular formula is C23H32IN3O3. The van der Waals surface area contributed by atoms with Crippen molar-refractivity contribution in [2.45, 2.75) is 45.8 Å². The monoisotopic (exact) mass is 525 g/mol. The van der Waals surface area contributed by atoms with E-state index in [9.17, 15) is 5.11 Å². The molecule has 30 heavy (non-hydrogen) atoms. The summed E-state index contributed by atoms with van der Waals surface area (Å²) >= 11 is 0. The van der Waals surface area contributed by atoms with Gasteiger partial charge < -0.3 is 25.2 Å². The van der Waals surface area contributed by atoms with Crippen molar-refractivity contribution >= 4 is 29.9 Å². The van der Waals surface area contributed by atoms with Gasteiger partial charge in [-0.3, -0.25) is 4.99 Å². The third-order valence-electron chi connectivity index (χ3n) is 4.92. The van der Waals surface area contributed by atoms with Crippen LogP contribution in [0.3, 0.4) is 0 Å². The van der Waals surface area contributed by atoms with Crippen molar-refractivity contribution in [1.82, 2.24) is 10.6 Å². The standard InChI is InChI=1S/C23H31N3O3.HI/c1-4-28-21-13-18-12-16(2)29-22(18)14-19(21)15-26-23(24-3)25-11-5-6-17-7-9-20(27)10-8-17;/h7-10,13-14,16,27H,4-6,11-12,15H2,1-3H3,(H2,24,25,26);1H. The molecule has 3 N–H and O–H groups in total. The van der Waals surface area contributed by atoms with Gasteiger partial charge in [0.1, 0.15) is 23.4 Å². The maximum absolute atomic E-state index is 9.35. The summed E-state index contributed by atoms with van der Waals surface area (Å²) in [7, 11) is 1.77. The van der Waals surface area contributed by atoms with Crippen molar-refractivity contribution in [3.63, 3.8) is 0 Å². The van der Waals surface area contributed by atoms with Crippen LogP contribution >= 0.6 is 24.0 Å². The predicted molar refractivity (Wildman–Crippen MR) is 131 cm³/mol. The molecular weight excluding hydrogens is 493 g/mol. The molecule has 1 aliphatic rings. The lowest BCUT2D eigenvalue weighted by atomic mass is 10.1. The van der Waals surface area contributed by atoms with E-state index in [0.717, 1.165) is 48.8 Å². The third kappa shape index (κ3) is 6.68. The zero-order valence-corrected chi connectivity index (χ0v) is 20.2. The summed E-state index contributed by atoms with van der Waals surface area (Å²) in [6, 6.07) is 11.5. The molecule has 0 aromatic heterocycles. The predicted octanol–water partition coefficient (Wildman–Crippen LogP) is 4.03. The summed E-state index contributed by atoms with van der Waals surface area (Å²) in [5, 5.41) is 16.1. The number of aromatic hydroxyl groups is 1. The summed E-state index contributed by atoms with van der Waals surface area (Å²) in [5.74, 6) is 2.91. The van der Waals surface area contributed by atoms with E-state index in [4.69, 9.17) is 9.47 Å². The molecule has 1 unspecified atom stereocenters. The van der Waals surface area contributed by atoms with Crippen LogP contribution in [0, 0.1) is 0 Å². The minimum Gasteiger partial charge on any atom is -0.508 e. The molecule has 7 heteroatoms. The van der Waals surface area contributed by atoms with E-state index < -0.39 is 0 Å². The highest BCUT2D eigenvalue weighted by atomic mass is 127. The number of phenolic OH excluding ortho intramolecular Hbond substituents is 1. The molecule has 0 radical (unpaired) electrons. The Hall–Kier alpha value is -2.16. The fraction of sp³-hybridized carbons (Fsp3) is 0.435. The largest absolute Gasteiger partial charge is 0.508 e. The number of aryl methyl sites for hydroxylation is 1. The molecule has 164 valence electrons. The molecule has 1 atom stereocenters. The van der Waals surface area contributed by atoms with Crippen molar-refractivity contribution in [2.75, 3.05) is 20.2 Å². The Morgan fingerprint density at radius 3 is 2.70 bits per heavy atom. The Kier molecular flexibility index (Phi) is 9.55. The van der Waals surface area contributed by atoms with Crippen LogP contribution in [0.15, 0.2) is 41.4 Å². The van der Waals surface area contributed by atoms with Gasteiger partial charge in [-0.2, -0.15) is 0 Å². The molecule has 2 aromatic carbocycles. The van der Waals surface area contributed by atoms with Crippen molar-refractivity contribution in [3.8, 4) is 17.2 Å². The van der Waals surface area contributed by atoms with Gasteiger partial charge in [-0.05, 0) is 56.5 Å². The minimum absolute atomic E-state index is 0. The van der Waals surface area contributed by atoms with E-state index in [1.54, 1.807) is 19.2 Å². The normalized spacial score (nSPS) is 15.0. The van der Waals surface area contributed by atoms with Gasteiger partial charge in [0.05, 0.1) is 6.61 Å². The Bertz CT molecular complexity index is 840. The number of ether oxygens (including phenoxy) is 2. The second-order valence-corrected chi connectivity index (χ2v) is 7.26. The number of hydrogen-bond donors (Lipinski definition) is 3. The van der Waals surface area contributed by atoms with Crippen LogP contribution in [0.2, 0.25) is 0 Å². The summed E-state index contributed by atoms with van der Waals surface area (Å²) in [6.45, 7) is 6.13. The Morgan fingerprint density at radius 1 is 1.23 bits per heavy atom. The zero-order chi connectivity index (χ0) is 20.6. The van der Waals surface area contributed by atoms with Gasteiger partial charge in [-0.15, -0.1) is 24.0 Å². The third-order valence-corrected chi connectivity index (χ3v) is 4.92. The average Bonchev–Trinajstić information content (AvgIpc) is 3.07. The number of phenols is 1. The topological polar surface area (TPSA) is 75.1 Å². The number of rotatable bonds is 8. The molecule has 0 fully saturated rings. The number of nitrogens with zero attached hydrogens (tertiary/aromatic N) is 1. The molecule has 0 saturated heterocycles. The number of aliphatic imine (C=N–C) groups is 1. The Balaban J connectivity index is 0.00000320. The lowest BCUT2D eigenvalue weighted by molar-refractivity contribution is 0.254. The van der Waals surface area contributed by atoms with Gasteiger partial charge in [0.25, 0.3) is 0 Å². The minimum atomic E-state index is 0. The molecule has 2 aromatic rings. The van der Waals surface area contributed by atoms with Crippen LogP contribution in [0.1, 0.15) is 37.0 Å². The van der Waals surface area contributed by atoms with Gasteiger partial charge in [0, 0.05) is 37.7 Å². The molecule has 1 aliphatic heterocycles. The van der Waals surface area contributed by atoms with Gasteiger partial charge >= 0.3 is 0 Å². The summed E-state index contributed by atoms with van der Waals surface area (Å²) < 4.78 is 11.7. The first-order valence-corrected chi connectivity index (χ1v) is 10.3. The molecule has 0 amide bonds. The first kappa shape index (κ1) is 24.1. The van der Waals surface area contributed by atoms with E-state index in [2.05, 4.69) is 34.7 Å². The maximum atomic E-state index is 9.35. The fourth-order valence-corrected chi connectivity index (χ4v) is 3.47. The van der Waals surface area contributed by atoms with Gasteiger partial charge in [0.2, 0.25) is 0 Å². The van der Waals surface area contributed by atoms with Crippen molar-refractivity contribution in [3.05, 3.63) is 53.1 Å². The van der Waals surface area contributed by atoms with Crippen LogP contribution in [-0.4, -0.2) is 37.4 Å². The number of fused-ring (bicyclic) bond motifs is 1. The second kappa shape index (κ2) is 11.9. The van der Waals surface area contributed by atoms with Crippen LogP contribution in [0.5, 0.6) is 17.2 Å². The molecule has 0 bridgehead atoms. The van der Waals surface area contributed by atoms with Crippen LogP contribution in [0.25, 0.3) is 0 Å². The van der Waals surface area contributed by atoms with Crippen molar-refractivity contribution in [1.29, 1.82) is 0 Å². The number of halogens is 1. The van der Waals surface area contributed by atoms with Gasteiger partial charge in [0.15, 0.2) is 5.96 Å². The van der Waals surface area contributed by atoms with Crippen molar-refractivity contribution < 1.29 is 14.6 Å². The van der Waals surface area contributed by atoms with Crippen LogP contribution in [0.4, 0.5) is 0 Å². The molecule has 6 nitrogen and oxygen atoms in total. The first-order valence-electron chi connectivity index (χ1n) is 10.3. The summed E-state index contributed by atoms with van der Waals surface area (Å²) in [5.41, 5.74) is 3.48. The van der Waals surface area contributed by atoms with Gasteiger partial charge in [-0.1, -0.05) is 12.1 Å². The van der Waals surface area contributed by atoms with E-state index in [-0.39, 0.29) is 30.1 Å². The molecule has 3 rings (SSSR count). The number of benzene rings is 2. The summed E-state index contributed by atoms with van der Waals surface area (Å²) in [4.78, 5) is 4.31. The maximum Gasteiger partial charge on any atom is 0.191 e. The SMILES string of the molecule is CCOc1cc2c(cc1CNC(=NC)NCCCc1ccc(O)cc1)OC(C)C2.I. The highest BCUT2D eigenvalue weighted by molar-refractivity contribution is 14.0. The molecule has 0 saturated carbocycles. The second-order valence-electron chi connectivity index (χ2n) is 7.26. The van der Waals surface area contributed by atoms with E-state index in [1.165, 1.54) is 11.1 Å². The van der Waals surface area contributed by atoms with E-state index in [1.807, 2.05) is 19.1 Å². The summed E-state index contributed by atoms with van der Waals surface area (Å²) in [6.07, 6.45) is 3.05. The molecule has 0 spiro atoms. The smallest absolute Gasteiger partial charge is 0.191 e. The van der Waals surface area contributed by atoms with E-state index >= 15 is 0 Å². The average molecular weight is 525 g/mol. The lowest BCUT2D eigenvalue weighted by Gasteiger charge is -2.15. The number of nitrogens with one attached hydrogen (secondary N) is 2. The number of guanidine groups is 1.